The van der Waals surface area contributed by atoms with Gasteiger partial charge in [0.25, 0.3) is 0 Å². The minimum Gasteiger partial charge on any atom is -0.313 e. The Labute approximate surface area is 294 Å². The molecule has 0 bridgehead atoms. The zero-order valence-electron chi connectivity index (χ0n) is 29.3. The summed E-state index contributed by atoms with van der Waals surface area (Å²) in [6, 6.07) is 49.5. The van der Waals surface area contributed by atoms with E-state index in [1.54, 1.807) is 0 Å². The molecule has 6 rings (SSSR count). The third-order valence-corrected chi connectivity index (χ3v) is 22.2. The first kappa shape index (κ1) is 35.1. The summed E-state index contributed by atoms with van der Waals surface area (Å²) in [5.74, 6) is 0. The standard InChI is InChI=1S/C44H45O2P3/c1-32-19-7-13-25-38(32)47(39-26-14-8-20-33(39)2)31-44(48(45,40-27-15-9-21-34(40)3)41-28-16-10-22-35(41)4)49(46,42-29-17-11-23-36(42)5)43-30-18-12-24-37(43)6/h7-30,44H,31H2,1-6H3. The fourth-order valence-electron chi connectivity index (χ4n) is 7.33. The van der Waals surface area contributed by atoms with Crippen molar-refractivity contribution in [2.45, 2.75) is 46.9 Å². The van der Waals surface area contributed by atoms with Crippen molar-refractivity contribution in [1.29, 1.82) is 0 Å². The van der Waals surface area contributed by atoms with Crippen LogP contribution in [-0.2, 0) is 9.13 Å². The molecule has 0 radical (unpaired) electrons. The van der Waals surface area contributed by atoms with Crippen LogP contribution in [0.4, 0.5) is 0 Å². The van der Waals surface area contributed by atoms with Gasteiger partial charge >= 0.3 is 0 Å². The Morgan fingerprint density at radius 3 is 0.898 bits per heavy atom. The van der Waals surface area contributed by atoms with Crippen molar-refractivity contribution in [1.82, 2.24) is 0 Å². The van der Waals surface area contributed by atoms with Crippen LogP contribution in [0.5, 0.6) is 0 Å². The van der Waals surface area contributed by atoms with Crippen molar-refractivity contribution < 1.29 is 9.13 Å². The van der Waals surface area contributed by atoms with Crippen LogP contribution in [0.1, 0.15) is 33.4 Å². The zero-order chi connectivity index (χ0) is 34.8. The van der Waals surface area contributed by atoms with Gasteiger partial charge in [-0.25, -0.2) is 0 Å². The topological polar surface area (TPSA) is 34.1 Å². The Morgan fingerprint density at radius 1 is 0.388 bits per heavy atom. The van der Waals surface area contributed by atoms with E-state index in [9.17, 15) is 0 Å². The highest BCUT2D eigenvalue weighted by Crippen LogP contribution is 2.69. The van der Waals surface area contributed by atoms with Crippen LogP contribution in [0, 0.1) is 41.5 Å². The molecule has 6 aromatic rings. The molecule has 2 nitrogen and oxygen atoms in total. The van der Waals surface area contributed by atoms with Crippen LogP contribution in [-0.4, -0.2) is 11.6 Å². The molecule has 5 heteroatoms. The summed E-state index contributed by atoms with van der Waals surface area (Å²) in [4.78, 5) is 0. The van der Waals surface area contributed by atoms with Crippen LogP contribution in [0.15, 0.2) is 146 Å². The van der Waals surface area contributed by atoms with Crippen LogP contribution in [0.3, 0.4) is 0 Å². The van der Waals surface area contributed by atoms with E-state index in [1.807, 2.05) is 72.8 Å². The summed E-state index contributed by atoms with van der Waals surface area (Å²) in [5.41, 5.74) is 6.21. The number of rotatable bonds is 10. The van der Waals surface area contributed by atoms with E-state index in [1.165, 1.54) is 21.7 Å². The highest BCUT2D eigenvalue weighted by atomic mass is 31.2. The maximum absolute atomic E-state index is 17.2. The second-order valence-electron chi connectivity index (χ2n) is 13.1. The monoisotopic (exact) mass is 698 g/mol. The molecule has 0 N–H and O–H groups in total. The third kappa shape index (κ3) is 6.48. The average molecular weight is 699 g/mol. The van der Waals surface area contributed by atoms with Gasteiger partial charge in [0.05, 0.1) is 5.40 Å². The van der Waals surface area contributed by atoms with Crippen LogP contribution in [0.2, 0.25) is 0 Å². The molecule has 0 saturated heterocycles. The summed E-state index contributed by atoms with van der Waals surface area (Å²) in [6.45, 7) is 12.5. The first-order valence-corrected chi connectivity index (χ1v) is 22.0. The maximum Gasteiger partial charge on any atom is 0.154 e. The van der Waals surface area contributed by atoms with Gasteiger partial charge in [-0.15, -0.1) is 0 Å². The van der Waals surface area contributed by atoms with Gasteiger partial charge in [-0.3, -0.25) is 0 Å². The lowest BCUT2D eigenvalue weighted by molar-refractivity contribution is 0.575. The smallest absolute Gasteiger partial charge is 0.154 e. The van der Waals surface area contributed by atoms with Crippen molar-refractivity contribution in [3.63, 3.8) is 0 Å². The van der Waals surface area contributed by atoms with Gasteiger partial charge in [-0.2, -0.15) is 0 Å². The predicted octanol–water partition coefficient (Wildman–Crippen LogP) is 9.32. The Balaban J connectivity index is 1.80. The Morgan fingerprint density at radius 2 is 0.633 bits per heavy atom. The minimum atomic E-state index is -3.67. The molecule has 0 aliphatic rings. The van der Waals surface area contributed by atoms with Crippen molar-refractivity contribution in [3.8, 4) is 0 Å². The van der Waals surface area contributed by atoms with Crippen LogP contribution < -0.4 is 31.8 Å². The van der Waals surface area contributed by atoms with Crippen molar-refractivity contribution in [3.05, 3.63) is 179 Å². The van der Waals surface area contributed by atoms with E-state index in [4.69, 9.17) is 0 Å². The number of hydrogen-bond acceptors (Lipinski definition) is 2. The van der Waals surface area contributed by atoms with Crippen molar-refractivity contribution in [2.75, 3.05) is 6.16 Å². The molecule has 0 aromatic heterocycles. The highest BCUT2D eigenvalue weighted by Gasteiger charge is 2.52. The van der Waals surface area contributed by atoms with Gasteiger partial charge in [0, 0.05) is 21.2 Å². The Hall–Kier alpha value is -3.79. The lowest BCUT2D eigenvalue weighted by Crippen LogP contribution is -2.38. The second-order valence-corrected chi connectivity index (χ2v) is 21.5. The van der Waals surface area contributed by atoms with E-state index in [2.05, 4.69) is 114 Å². The molecule has 0 aliphatic heterocycles. The summed E-state index contributed by atoms with van der Waals surface area (Å²) in [7, 11) is -8.45. The third-order valence-electron chi connectivity index (χ3n) is 9.89. The van der Waals surface area contributed by atoms with Crippen LogP contribution in [0.25, 0.3) is 0 Å². The maximum atomic E-state index is 17.2. The lowest BCUT2D eigenvalue weighted by Gasteiger charge is -2.40. The molecule has 0 amide bonds. The van der Waals surface area contributed by atoms with Crippen molar-refractivity contribution in [2.24, 2.45) is 0 Å². The molecular formula is C44H45O2P3. The van der Waals surface area contributed by atoms with E-state index in [-0.39, 0.29) is 0 Å². The van der Waals surface area contributed by atoms with E-state index < -0.39 is 27.6 Å². The largest absolute Gasteiger partial charge is 0.313 e. The molecule has 0 heterocycles. The predicted molar refractivity (Wildman–Crippen MR) is 216 cm³/mol. The summed E-state index contributed by atoms with van der Waals surface area (Å²) >= 11 is 0. The molecule has 0 saturated carbocycles. The first-order valence-electron chi connectivity index (χ1n) is 16.9. The van der Waals surface area contributed by atoms with E-state index >= 15 is 9.13 Å². The molecule has 248 valence electrons. The Kier molecular flexibility index (Phi) is 10.4. The summed E-state index contributed by atoms with van der Waals surface area (Å²) in [5, 5.41) is 4.91. The fraction of sp³-hybridized carbons (Fsp3) is 0.182. The molecular weight excluding hydrogens is 653 g/mol. The van der Waals surface area contributed by atoms with Gasteiger partial charge in [0.1, 0.15) is 0 Å². The summed E-state index contributed by atoms with van der Waals surface area (Å²) < 4.78 is 34.4. The normalized spacial score (nSPS) is 12.1. The lowest BCUT2D eigenvalue weighted by atomic mass is 10.2. The first-order chi connectivity index (χ1) is 23.6. The van der Waals surface area contributed by atoms with Crippen LogP contribution >= 0.6 is 22.2 Å². The molecule has 0 spiro atoms. The minimum absolute atomic E-state index is 0.491. The molecule has 0 unspecified atom stereocenters. The molecule has 0 aliphatic carbocycles. The number of hydrogen-bond donors (Lipinski definition) is 0. The van der Waals surface area contributed by atoms with Gasteiger partial charge in [0.2, 0.25) is 0 Å². The highest BCUT2D eigenvalue weighted by molar-refractivity contribution is 7.96. The number of benzene rings is 6. The van der Waals surface area contributed by atoms with Gasteiger partial charge in [0.15, 0.2) is 14.3 Å². The second kappa shape index (κ2) is 14.6. The molecule has 6 aromatic carbocycles. The SMILES string of the molecule is Cc1ccccc1P(CC(P(=O)(c1ccccc1C)c1ccccc1C)P(=O)(c1ccccc1C)c1ccccc1C)c1ccccc1C. The van der Waals surface area contributed by atoms with E-state index in [0.29, 0.717) is 6.16 Å². The summed E-state index contributed by atoms with van der Waals surface area (Å²) in [6.07, 6.45) is 0.491. The van der Waals surface area contributed by atoms with Gasteiger partial charge in [-0.1, -0.05) is 146 Å². The quantitative estimate of drug-likeness (QED) is 0.134. The molecule has 0 atom stereocenters. The Bertz CT molecular complexity index is 1970. The van der Waals surface area contributed by atoms with Gasteiger partial charge in [-0.05, 0) is 99.6 Å². The molecule has 49 heavy (non-hydrogen) atoms. The zero-order valence-corrected chi connectivity index (χ0v) is 32.0. The van der Waals surface area contributed by atoms with Gasteiger partial charge < -0.3 is 9.13 Å². The average Bonchev–Trinajstić information content (AvgIpc) is 3.10. The van der Waals surface area contributed by atoms with E-state index in [0.717, 1.165) is 43.5 Å². The number of aryl methyl sites for hydroxylation is 6. The van der Waals surface area contributed by atoms with Crippen molar-refractivity contribution >= 4 is 54.0 Å². The fourth-order valence-corrected chi connectivity index (χ4v) is 21.4. The molecule has 0 fully saturated rings.